The molecule has 0 aromatic carbocycles. The molecule has 5 nitrogen and oxygen atoms in total. The van der Waals surface area contributed by atoms with Gasteiger partial charge in [-0.25, -0.2) is 0 Å². The number of aliphatic hydroxyl groups excluding tert-OH is 1. The Morgan fingerprint density at radius 3 is 0.882 bits per heavy atom. The Morgan fingerprint density at radius 2 is 0.588 bits per heavy atom. The van der Waals surface area contributed by atoms with Gasteiger partial charge in [0, 0.05) is 12.8 Å². The van der Waals surface area contributed by atoms with Gasteiger partial charge in [0.25, 0.3) is 0 Å². The van der Waals surface area contributed by atoms with Crippen LogP contribution >= 0.6 is 0 Å². The van der Waals surface area contributed by atoms with Crippen LogP contribution in [0.5, 0.6) is 0 Å². The Kier molecular flexibility index (Phi) is 52.2. The average Bonchev–Trinajstić information content (AvgIpc) is 3.34. The zero-order chi connectivity index (χ0) is 49.2. The summed E-state index contributed by atoms with van der Waals surface area (Å²) in [5.74, 6) is -0.677. The molecule has 0 aliphatic carbocycles. The van der Waals surface area contributed by atoms with E-state index in [1.807, 2.05) is 0 Å². The predicted molar refractivity (Wildman–Crippen MR) is 296 cm³/mol. The average molecular weight is 931 g/mol. The highest BCUT2D eigenvalue weighted by Gasteiger charge is 2.16. The second-order valence-electron chi connectivity index (χ2n) is 16.5. The SMILES string of the molecule is CC/C=C\C/C=C\C/C=C\C/C=C\C/C=C\C/C=C\C/C=C\C/C=C\CCCCCCC(=O)OC(CO)COC(=O)CCCCC/C=C\C/C=C\C/C=C\C/C=C\C/C=C\C/C=C\C/C=C\CC. The first-order valence-electron chi connectivity index (χ1n) is 26.3. The molecule has 0 rings (SSSR count). The summed E-state index contributed by atoms with van der Waals surface area (Å²) in [7, 11) is 0. The summed E-state index contributed by atoms with van der Waals surface area (Å²) in [6.07, 6.45) is 89.8. The minimum Gasteiger partial charge on any atom is -0.462 e. The summed E-state index contributed by atoms with van der Waals surface area (Å²) in [6.45, 7) is 3.84. The highest BCUT2D eigenvalue weighted by Crippen LogP contribution is 2.10. The number of hydrogen-bond donors (Lipinski definition) is 1. The van der Waals surface area contributed by atoms with Crippen LogP contribution in [0.2, 0.25) is 0 Å². The molecule has 0 radical (unpaired) electrons. The van der Waals surface area contributed by atoms with Crippen LogP contribution in [0.1, 0.15) is 181 Å². The Bertz CT molecular complexity index is 1620. The molecule has 0 heterocycles. The number of hydrogen-bond acceptors (Lipinski definition) is 5. The lowest BCUT2D eigenvalue weighted by Gasteiger charge is -2.15. The monoisotopic (exact) mass is 931 g/mol. The molecule has 0 aliphatic heterocycles. The molecule has 0 aromatic rings. The van der Waals surface area contributed by atoms with Gasteiger partial charge in [-0.15, -0.1) is 0 Å². The largest absolute Gasteiger partial charge is 0.462 e. The number of ether oxygens (including phenoxy) is 2. The van der Waals surface area contributed by atoms with E-state index in [2.05, 4.69) is 196 Å². The van der Waals surface area contributed by atoms with Gasteiger partial charge in [0.15, 0.2) is 6.10 Å². The predicted octanol–water partition coefficient (Wildman–Crippen LogP) is 18.0. The van der Waals surface area contributed by atoms with Crippen LogP contribution in [-0.4, -0.2) is 36.4 Å². The van der Waals surface area contributed by atoms with Gasteiger partial charge in [-0.05, 0) is 135 Å². The fourth-order valence-electron chi connectivity index (χ4n) is 6.31. The summed E-state index contributed by atoms with van der Waals surface area (Å²) in [4.78, 5) is 24.5. The van der Waals surface area contributed by atoms with Gasteiger partial charge < -0.3 is 14.6 Å². The minimum atomic E-state index is -0.817. The van der Waals surface area contributed by atoms with E-state index in [1.54, 1.807) is 0 Å². The van der Waals surface area contributed by atoms with Gasteiger partial charge >= 0.3 is 11.9 Å². The summed E-state index contributed by atoms with van der Waals surface area (Å²) < 4.78 is 10.6. The molecule has 5 heteroatoms. The lowest BCUT2D eigenvalue weighted by Crippen LogP contribution is -2.28. The number of aliphatic hydroxyl groups is 1. The number of rotatable bonds is 45. The topological polar surface area (TPSA) is 72.8 Å². The first-order valence-corrected chi connectivity index (χ1v) is 26.3. The number of carbonyl (C=O) groups is 2. The highest BCUT2D eigenvalue weighted by atomic mass is 16.6. The third-order valence-electron chi connectivity index (χ3n) is 10.2. The van der Waals surface area contributed by atoms with Crippen LogP contribution in [0.25, 0.3) is 0 Å². The molecule has 1 unspecified atom stereocenters. The maximum absolute atomic E-state index is 12.3. The van der Waals surface area contributed by atoms with Crippen LogP contribution in [0.3, 0.4) is 0 Å². The third-order valence-corrected chi connectivity index (χ3v) is 10.2. The Hall–Kier alpha value is -5.00. The molecule has 68 heavy (non-hydrogen) atoms. The van der Waals surface area contributed by atoms with Crippen LogP contribution in [0.15, 0.2) is 182 Å². The quantitative estimate of drug-likeness (QED) is 0.0374. The fraction of sp³-hybridized carbons (Fsp3) is 0.492. The van der Waals surface area contributed by atoms with Crippen molar-refractivity contribution in [1.82, 2.24) is 0 Å². The second kappa shape index (κ2) is 56.3. The zero-order valence-electron chi connectivity index (χ0n) is 42.8. The minimum absolute atomic E-state index is 0.109. The molecule has 0 saturated heterocycles. The van der Waals surface area contributed by atoms with E-state index in [0.717, 1.165) is 154 Å². The molecule has 0 spiro atoms. The molecule has 1 N–H and O–H groups in total. The van der Waals surface area contributed by atoms with Gasteiger partial charge in [0.05, 0.1) is 6.61 Å². The van der Waals surface area contributed by atoms with Crippen LogP contribution < -0.4 is 0 Å². The number of allylic oxidation sites excluding steroid dienone is 30. The number of carbonyl (C=O) groups excluding carboxylic acids is 2. The van der Waals surface area contributed by atoms with E-state index < -0.39 is 6.10 Å². The van der Waals surface area contributed by atoms with E-state index in [-0.39, 0.29) is 25.2 Å². The Balaban J connectivity index is 3.74. The molecule has 0 aliphatic rings. The van der Waals surface area contributed by atoms with E-state index in [0.29, 0.717) is 12.8 Å². The molecular formula is C63H94O5. The maximum atomic E-state index is 12.3. The van der Waals surface area contributed by atoms with Crippen molar-refractivity contribution in [3.63, 3.8) is 0 Å². The highest BCUT2D eigenvalue weighted by molar-refractivity contribution is 5.70. The molecule has 1 atom stereocenters. The van der Waals surface area contributed by atoms with Crippen LogP contribution in [0.4, 0.5) is 0 Å². The summed E-state index contributed by atoms with van der Waals surface area (Å²) >= 11 is 0. The molecule has 0 saturated carbocycles. The van der Waals surface area contributed by atoms with Crippen LogP contribution in [0, 0.1) is 0 Å². The Labute approximate surface area is 416 Å². The van der Waals surface area contributed by atoms with Crippen molar-refractivity contribution in [3.05, 3.63) is 182 Å². The van der Waals surface area contributed by atoms with Gasteiger partial charge in [-0.3, -0.25) is 9.59 Å². The summed E-state index contributed by atoms with van der Waals surface area (Å²) in [5.41, 5.74) is 0. The van der Waals surface area contributed by atoms with E-state index >= 15 is 0 Å². The first kappa shape index (κ1) is 63.0. The van der Waals surface area contributed by atoms with E-state index in [4.69, 9.17) is 9.47 Å². The van der Waals surface area contributed by atoms with Crippen molar-refractivity contribution in [1.29, 1.82) is 0 Å². The van der Waals surface area contributed by atoms with E-state index in [1.165, 1.54) is 0 Å². The van der Waals surface area contributed by atoms with Gasteiger partial charge in [0.2, 0.25) is 0 Å². The molecule has 0 fully saturated rings. The maximum Gasteiger partial charge on any atom is 0.306 e. The zero-order valence-corrected chi connectivity index (χ0v) is 42.8. The number of esters is 2. The van der Waals surface area contributed by atoms with Gasteiger partial charge in [-0.1, -0.05) is 215 Å². The third kappa shape index (κ3) is 53.6. The van der Waals surface area contributed by atoms with Crippen molar-refractivity contribution >= 4 is 11.9 Å². The molecule has 0 bridgehead atoms. The van der Waals surface area contributed by atoms with Crippen molar-refractivity contribution in [2.45, 2.75) is 187 Å². The molecule has 0 aromatic heterocycles. The van der Waals surface area contributed by atoms with Gasteiger partial charge in [0.1, 0.15) is 6.61 Å². The van der Waals surface area contributed by atoms with Gasteiger partial charge in [-0.2, -0.15) is 0 Å². The van der Waals surface area contributed by atoms with Crippen LogP contribution in [-0.2, 0) is 19.1 Å². The standard InChI is InChI=1S/C63H94O5/c1-3-5-7-9-11-13-15-17-19-21-23-25-27-29-30-31-32-34-36-38-40-42-44-46-48-50-52-54-56-58-63(66)68-61(59-64)60-67-62(65)57-55-53-51-49-47-45-43-41-39-37-35-33-28-26-24-22-20-18-16-14-12-10-8-6-4-2/h5-8,11-14,17-20,23-26,29-30,32-35,38-41,44-47,61,64H,3-4,9-10,15-16,21-22,27-28,31,36-37,42-43,48-60H2,1-2H3/b7-5-,8-6-,13-11-,14-12-,19-17-,20-18-,25-23-,26-24-,30-29-,34-32-,35-33-,40-38-,41-39-,46-44-,47-45-. The lowest BCUT2D eigenvalue weighted by molar-refractivity contribution is -0.161. The van der Waals surface area contributed by atoms with E-state index in [9.17, 15) is 14.7 Å². The Morgan fingerprint density at radius 1 is 0.338 bits per heavy atom. The normalized spacial score (nSPS) is 13.8. The molecule has 376 valence electrons. The van der Waals surface area contributed by atoms with Crippen molar-refractivity contribution < 1.29 is 24.2 Å². The molecular weight excluding hydrogens is 837 g/mol. The smallest absolute Gasteiger partial charge is 0.306 e. The number of unbranched alkanes of at least 4 members (excludes halogenated alkanes) is 7. The lowest BCUT2D eigenvalue weighted by atomic mass is 10.1. The van der Waals surface area contributed by atoms with Crippen molar-refractivity contribution in [3.8, 4) is 0 Å². The fourth-order valence-corrected chi connectivity index (χ4v) is 6.31. The summed E-state index contributed by atoms with van der Waals surface area (Å²) in [5, 5.41) is 9.63. The van der Waals surface area contributed by atoms with Crippen molar-refractivity contribution in [2.75, 3.05) is 13.2 Å². The summed E-state index contributed by atoms with van der Waals surface area (Å²) in [6, 6.07) is 0. The second-order valence-corrected chi connectivity index (χ2v) is 16.5. The first-order chi connectivity index (χ1) is 33.6. The molecule has 0 amide bonds. The van der Waals surface area contributed by atoms with Crippen molar-refractivity contribution in [2.24, 2.45) is 0 Å².